The molecule has 0 radical (unpaired) electrons. The maximum Gasteiger partial charge on any atom is 0.387 e. The van der Waals surface area contributed by atoms with E-state index >= 15 is 0 Å². The number of aliphatic imine (C=N–C) groups is 1. The molecule has 1 saturated carbocycles. The van der Waals surface area contributed by atoms with Gasteiger partial charge in [0.25, 0.3) is 0 Å². The van der Waals surface area contributed by atoms with Gasteiger partial charge in [0.1, 0.15) is 5.75 Å². The molecule has 1 aromatic rings. The van der Waals surface area contributed by atoms with E-state index in [0.29, 0.717) is 42.0 Å². The summed E-state index contributed by atoms with van der Waals surface area (Å²) in [5, 5.41) is 9.44. The zero-order valence-electron chi connectivity index (χ0n) is 14.9. The predicted molar refractivity (Wildman–Crippen MR) is 112 cm³/mol. The highest BCUT2D eigenvalue weighted by Crippen LogP contribution is 2.24. The summed E-state index contributed by atoms with van der Waals surface area (Å²) in [4.78, 5) is 15.7. The molecule has 3 N–H and O–H groups in total. The molecule has 0 heterocycles. The average molecular weight is 517 g/mol. The van der Waals surface area contributed by atoms with Gasteiger partial charge in [-0.2, -0.15) is 8.78 Å². The molecule has 0 unspecified atom stereocenters. The highest BCUT2D eigenvalue weighted by Gasteiger charge is 2.22. The molecular weight excluding hydrogens is 493 g/mol. The zero-order chi connectivity index (χ0) is 18.9. The summed E-state index contributed by atoms with van der Waals surface area (Å²) >= 11 is 5.92. The Morgan fingerprint density at radius 1 is 1.37 bits per heavy atom. The van der Waals surface area contributed by atoms with E-state index in [4.69, 9.17) is 11.6 Å². The number of carbonyl (C=O) groups is 1. The maximum atomic E-state index is 12.5. The summed E-state index contributed by atoms with van der Waals surface area (Å²) in [5.74, 6) is 0.615. The molecule has 1 aliphatic carbocycles. The summed E-state index contributed by atoms with van der Waals surface area (Å²) in [7, 11) is 1.60. The Morgan fingerprint density at radius 3 is 2.74 bits per heavy atom. The molecule has 1 fully saturated rings. The van der Waals surface area contributed by atoms with Gasteiger partial charge in [-0.3, -0.25) is 9.79 Å². The third kappa shape index (κ3) is 9.41. The lowest BCUT2D eigenvalue weighted by Gasteiger charge is -2.15. The monoisotopic (exact) mass is 516 g/mol. The molecule has 0 aliphatic heterocycles. The molecule has 0 saturated heterocycles. The maximum absolute atomic E-state index is 12.5. The fourth-order valence-corrected chi connectivity index (χ4v) is 2.47. The zero-order valence-corrected chi connectivity index (χ0v) is 18.0. The molecule has 1 amide bonds. The summed E-state index contributed by atoms with van der Waals surface area (Å²) in [6, 6.07) is 4.82. The van der Waals surface area contributed by atoms with Crippen LogP contribution in [0.4, 0.5) is 8.78 Å². The Labute approximate surface area is 179 Å². The van der Waals surface area contributed by atoms with Crippen LogP contribution in [-0.4, -0.2) is 38.1 Å². The van der Waals surface area contributed by atoms with Crippen LogP contribution in [0.1, 0.15) is 31.2 Å². The highest BCUT2D eigenvalue weighted by molar-refractivity contribution is 14.0. The van der Waals surface area contributed by atoms with Crippen molar-refractivity contribution in [1.29, 1.82) is 0 Å². The van der Waals surface area contributed by atoms with Gasteiger partial charge in [-0.05, 0) is 37.5 Å². The van der Waals surface area contributed by atoms with Crippen molar-refractivity contribution in [3.05, 3.63) is 28.8 Å². The summed E-state index contributed by atoms with van der Waals surface area (Å²) < 4.78 is 29.4. The number of rotatable bonds is 9. The first-order valence-electron chi connectivity index (χ1n) is 8.45. The summed E-state index contributed by atoms with van der Waals surface area (Å²) in [6.07, 6.45) is 3.25. The molecule has 0 aromatic heterocycles. The van der Waals surface area contributed by atoms with Crippen LogP contribution >= 0.6 is 35.6 Å². The first-order valence-corrected chi connectivity index (χ1v) is 8.83. The van der Waals surface area contributed by atoms with E-state index in [1.165, 1.54) is 12.1 Å². The van der Waals surface area contributed by atoms with Gasteiger partial charge in [0.2, 0.25) is 5.91 Å². The van der Waals surface area contributed by atoms with Crippen molar-refractivity contribution in [3.8, 4) is 5.75 Å². The van der Waals surface area contributed by atoms with E-state index in [9.17, 15) is 13.6 Å². The Kier molecular flexibility index (Phi) is 10.7. The van der Waals surface area contributed by atoms with Crippen LogP contribution in [0.2, 0.25) is 5.02 Å². The quantitative estimate of drug-likeness (QED) is 0.204. The molecule has 27 heavy (non-hydrogen) atoms. The number of benzene rings is 1. The number of carbonyl (C=O) groups excluding carboxylic acids is 1. The summed E-state index contributed by atoms with van der Waals surface area (Å²) in [5.41, 5.74) is 0.490. The molecule has 6 nitrogen and oxygen atoms in total. The van der Waals surface area contributed by atoms with E-state index in [1.54, 1.807) is 13.1 Å². The minimum absolute atomic E-state index is 0. The van der Waals surface area contributed by atoms with E-state index in [0.717, 1.165) is 12.8 Å². The number of guanidine groups is 1. The van der Waals surface area contributed by atoms with Gasteiger partial charge >= 0.3 is 6.61 Å². The van der Waals surface area contributed by atoms with Crippen molar-refractivity contribution in [2.75, 3.05) is 13.6 Å². The van der Waals surface area contributed by atoms with Crippen molar-refractivity contribution >= 4 is 47.4 Å². The Bertz CT molecular complexity index is 645. The smallest absolute Gasteiger partial charge is 0.387 e. The van der Waals surface area contributed by atoms with Crippen molar-refractivity contribution in [2.45, 2.75) is 44.9 Å². The van der Waals surface area contributed by atoms with Gasteiger partial charge in [-0.1, -0.05) is 11.6 Å². The Hall–Kier alpha value is -1.36. The fourth-order valence-electron chi connectivity index (χ4n) is 2.28. The molecule has 0 bridgehead atoms. The van der Waals surface area contributed by atoms with Crippen LogP contribution in [0.3, 0.4) is 0 Å². The van der Waals surface area contributed by atoms with Crippen LogP contribution in [0.15, 0.2) is 23.2 Å². The second-order valence-corrected chi connectivity index (χ2v) is 6.36. The van der Waals surface area contributed by atoms with Gasteiger partial charge in [0.15, 0.2) is 5.96 Å². The van der Waals surface area contributed by atoms with Gasteiger partial charge in [0, 0.05) is 43.2 Å². The number of nitrogens with zero attached hydrogens (tertiary/aromatic N) is 1. The predicted octanol–water partition coefficient (Wildman–Crippen LogP) is 3.28. The van der Waals surface area contributed by atoms with Gasteiger partial charge < -0.3 is 20.7 Å². The van der Waals surface area contributed by atoms with Gasteiger partial charge in [-0.25, -0.2) is 0 Å². The molecular formula is C17H24ClF2IN4O2. The topological polar surface area (TPSA) is 74.8 Å². The van der Waals surface area contributed by atoms with Crippen LogP contribution in [-0.2, 0) is 11.3 Å². The number of amides is 1. The second kappa shape index (κ2) is 12.2. The SMILES string of the molecule is CN=C(NCCCC(=O)NC1CC1)NCc1cc(Cl)ccc1OC(F)F.I. The minimum atomic E-state index is -2.91. The molecule has 1 aromatic carbocycles. The fraction of sp³-hybridized carbons (Fsp3) is 0.529. The number of alkyl halides is 2. The third-order valence-corrected chi connectivity index (χ3v) is 3.96. The lowest BCUT2D eigenvalue weighted by atomic mass is 10.2. The molecule has 10 heteroatoms. The highest BCUT2D eigenvalue weighted by atomic mass is 127. The normalized spacial score (nSPS) is 13.7. The van der Waals surface area contributed by atoms with Crippen molar-refractivity contribution in [1.82, 2.24) is 16.0 Å². The van der Waals surface area contributed by atoms with Crippen molar-refractivity contribution in [2.24, 2.45) is 4.99 Å². The van der Waals surface area contributed by atoms with Gasteiger partial charge in [0.05, 0.1) is 0 Å². The molecule has 152 valence electrons. The first-order chi connectivity index (χ1) is 12.5. The van der Waals surface area contributed by atoms with Gasteiger partial charge in [-0.15, -0.1) is 24.0 Å². The number of hydrogen-bond acceptors (Lipinski definition) is 3. The van der Waals surface area contributed by atoms with Crippen LogP contribution in [0, 0.1) is 0 Å². The first kappa shape index (κ1) is 23.7. The van der Waals surface area contributed by atoms with Crippen LogP contribution in [0.25, 0.3) is 0 Å². The van der Waals surface area contributed by atoms with E-state index < -0.39 is 6.61 Å². The molecule has 2 rings (SSSR count). The van der Waals surface area contributed by atoms with E-state index in [-0.39, 0.29) is 42.2 Å². The van der Waals surface area contributed by atoms with Crippen LogP contribution < -0.4 is 20.7 Å². The average Bonchev–Trinajstić information content (AvgIpc) is 3.40. The second-order valence-electron chi connectivity index (χ2n) is 5.93. The van der Waals surface area contributed by atoms with Crippen molar-refractivity contribution in [3.63, 3.8) is 0 Å². The summed E-state index contributed by atoms with van der Waals surface area (Å²) in [6.45, 7) is -2.13. The third-order valence-electron chi connectivity index (χ3n) is 3.72. The number of ether oxygens (including phenoxy) is 1. The lowest BCUT2D eigenvalue weighted by Crippen LogP contribution is -2.37. The van der Waals surface area contributed by atoms with Crippen LogP contribution in [0.5, 0.6) is 5.75 Å². The molecule has 1 aliphatic rings. The molecule has 0 atom stereocenters. The number of nitrogens with one attached hydrogen (secondary N) is 3. The van der Waals surface area contributed by atoms with Crippen molar-refractivity contribution < 1.29 is 18.3 Å². The van der Waals surface area contributed by atoms with E-state index in [2.05, 4.69) is 25.7 Å². The molecule has 0 spiro atoms. The standard InChI is InChI=1S/C17H23ClF2N4O2.HI/c1-21-17(22-8-2-3-15(25)24-13-5-6-13)23-10-11-9-12(18)4-7-14(11)26-16(19)20;/h4,7,9,13,16H,2-3,5-6,8,10H2,1H3,(H,24,25)(H2,21,22,23);1H. The van der Waals surface area contributed by atoms with E-state index in [1.807, 2.05) is 0 Å². The Balaban J connectivity index is 0.00000364. The minimum Gasteiger partial charge on any atom is -0.434 e. The number of halogens is 4. The number of hydrogen-bond donors (Lipinski definition) is 3. The lowest BCUT2D eigenvalue weighted by molar-refractivity contribution is -0.121. The Morgan fingerprint density at radius 2 is 2.11 bits per heavy atom. The largest absolute Gasteiger partial charge is 0.434 e.